The van der Waals surface area contributed by atoms with Gasteiger partial charge in [-0.2, -0.15) is 0 Å². The van der Waals surface area contributed by atoms with E-state index in [2.05, 4.69) is 4.98 Å². The monoisotopic (exact) mass is 276 g/mol. The fraction of sp³-hybridized carbons (Fsp3) is 0.100. The molecule has 0 radical (unpaired) electrons. The summed E-state index contributed by atoms with van der Waals surface area (Å²) in [6.07, 6.45) is 2.28. The Morgan fingerprint density at radius 3 is 2.44 bits per heavy atom. The Morgan fingerprint density at radius 2 is 1.94 bits per heavy atom. The molecule has 2 rings (SSSR count). The molecule has 0 spiro atoms. The zero-order chi connectivity index (χ0) is 11.7. The number of halogens is 3. The molecule has 0 aliphatic heterocycles. The zero-order valence-electron chi connectivity index (χ0n) is 8.01. The molecule has 1 heterocycles. The van der Waals surface area contributed by atoms with Gasteiger partial charge < -0.3 is 5.73 Å². The molecule has 0 saturated carbocycles. The number of rotatable bonds is 2. The van der Waals surface area contributed by atoms with E-state index in [1.54, 1.807) is 18.3 Å². The lowest BCUT2D eigenvalue weighted by molar-refractivity contribution is 0.628. The molecular weight excluding hydrogens is 270 g/mol. The highest BCUT2D eigenvalue weighted by Crippen LogP contribution is 2.27. The van der Waals surface area contributed by atoms with Gasteiger partial charge in [-0.1, -0.05) is 23.2 Å². The van der Waals surface area contributed by atoms with Crippen molar-refractivity contribution in [1.29, 1.82) is 0 Å². The summed E-state index contributed by atoms with van der Waals surface area (Å²) in [4.78, 5) is 4.91. The smallest absolute Gasteiger partial charge is 0.180 e. The number of thiazole rings is 1. The molecule has 0 atom stereocenters. The van der Waals surface area contributed by atoms with Crippen molar-refractivity contribution in [3.63, 3.8) is 0 Å². The number of nitrogens with two attached hydrogens (primary N) is 1. The van der Waals surface area contributed by atoms with Crippen molar-refractivity contribution < 1.29 is 4.39 Å². The lowest BCUT2D eigenvalue weighted by atomic mass is 10.1. The lowest BCUT2D eigenvalue weighted by Gasteiger charge is -2.02. The van der Waals surface area contributed by atoms with E-state index in [0.29, 0.717) is 11.6 Å². The summed E-state index contributed by atoms with van der Waals surface area (Å²) in [6, 6.07) is 3.11. The van der Waals surface area contributed by atoms with E-state index < -0.39 is 5.82 Å². The van der Waals surface area contributed by atoms with Gasteiger partial charge in [-0.25, -0.2) is 9.37 Å². The van der Waals surface area contributed by atoms with Gasteiger partial charge in [-0.05, 0) is 17.7 Å². The molecule has 0 amide bonds. The van der Waals surface area contributed by atoms with Crippen molar-refractivity contribution in [3.8, 4) is 0 Å². The van der Waals surface area contributed by atoms with Crippen LogP contribution in [-0.4, -0.2) is 4.98 Å². The topological polar surface area (TPSA) is 38.9 Å². The molecule has 0 unspecified atom stereocenters. The second-order valence-electron chi connectivity index (χ2n) is 3.22. The summed E-state index contributed by atoms with van der Waals surface area (Å²) < 4.78 is 13.2. The minimum Gasteiger partial charge on any atom is -0.375 e. The van der Waals surface area contributed by atoms with Crippen LogP contribution in [-0.2, 0) is 6.42 Å². The van der Waals surface area contributed by atoms with Crippen LogP contribution in [0.15, 0.2) is 18.3 Å². The highest BCUT2D eigenvalue weighted by Gasteiger charge is 2.09. The van der Waals surface area contributed by atoms with E-state index >= 15 is 0 Å². The van der Waals surface area contributed by atoms with Crippen molar-refractivity contribution >= 4 is 39.7 Å². The normalized spacial score (nSPS) is 10.7. The van der Waals surface area contributed by atoms with Gasteiger partial charge in [0.1, 0.15) is 0 Å². The first-order chi connectivity index (χ1) is 7.56. The van der Waals surface area contributed by atoms with Crippen LogP contribution in [0.3, 0.4) is 0 Å². The third-order valence-corrected chi connectivity index (χ3v) is 3.37. The highest BCUT2D eigenvalue weighted by atomic mass is 35.5. The van der Waals surface area contributed by atoms with Crippen LogP contribution in [0.1, 0.15) is 10.4 Å². The maximum Gasteiger partial charge on any atom is 0.180 e. The van der Waals surface area contributed by atoms with Crippen LogP contribution in [0.2, 0.25) is 10.0 Å². The molecule has 16 heavy (non-hydrogen) atoms. The predicted octanol–water partition coefficient (Wildman–Crippen LogP) is 3.76. The summed E-state index contributed by atoms with van der Waals surface area (Å²) in [7, 11) is 0. The van der Waals surface area contributed by atoms with Crippen LogP contribution >= 0.6 is 34.5 Å². The number of anilines is 1. The van der Waals surface area contributed by atoms with Gasteiger partial charge in [0.05, 0.1) is 10.0 Å². The maximum absolute atomic E-state index is 13.2. The van der Waals surface area contributed by atoms with Crippen LogP contribution < -0.4 is 5.73 Å². The summed E-state index contributed by atoms with van der Waals surface area (Å²) in [5, 5.41) is 0.564. The fourth-order valence-electron chi connectivity index (χ4n) is 1.32. The van der Waals surface area contributed by atoms with Crippen molar-refractivity contribution in [3.05, 3.63) is 44.6 Å². The second kappa shape index (κ2) is 4.57. The molecule has 0 bridgehead atoms. The molecule has 2 aromatic rings. The van der Waals surface area contributed by atoms with Gasteiger partial charge in [-0.3, -0.25) is 0 Å². The van der Waals surface area contributed by atoms with Gasteiger partial charge in [0.25, 0.3) is 0 Å². The van der Waals surface area contributed by atoms with E-state index in [1.165, 1.54) is 11.3 Å². The van der Waals surface area contributed by atoms with Crippen molar-refractivity contribution in [2.75, 3.05) is 5.73 Å². The van der Waals surface area contributed by atoms with E-state index in [9.17, 15) is 4.39 Å². The molecule has 2 nitrogen and oxygen atoms in total. The molecule has 84 valence electrons. The molecule has 1 aromatic heterocycles. The number of nitrogens with zero attached hydrogens (tertiary/aromatic N) is 1. The summed E-state index contributed by atoms with van der Waals surface area (Å²) in [5.74, 6) is -0.587. The van der Waals surface area contributed by atoms with Gasteiger partial charge in [0.15, 0.2) is 10.9 Å². The van der Waals surface area contributed by atoms with Crippen molar-refractivity contribution in [1.82, 2.24) is 4.98 Å². The Balaban J connectivity index is 2.28. The Morgan fingerprint density at radius 1 is 1.31 bits per heavy atom. The van der Waals surface area contributed by atoms with Crippen molar-refractivity contribution in [2.45, 2.75) is 6.42 Å². The van der Waals surface area contributed by atoms with Gasteiger partial charge in [0, 0.05) is 17.5 Å². The molecule has 0 saturated heterocycles. The highest BCUT2D eigenvalue weighted by molar-refractivity contribution is 7.15. The van der Waals surface area contributed by atoms with Crippen LogP contribution in [0, 0.1) is 5.82 Å². The second-order valence-corrected chi connectivity index (χ2v) is 5.18. The predicted molar refractivity (Wildman–Crippen MR) is 65.8 cm³/mol. The van der Waals surface area contributed by atoms with Gasteiger partial charge in [-0.15, -0.1) is 11.3 Å². The quantitative estimate of drug-likeness (QED) is 0.849. The number of benzene rings is 1. The maximum atomic E-state index is 13.2. The Bertz CT molecular complexity index is 504. The summed E-state index contributed by atoms with van der Waals surface area (Å²) >= 11 is 12.8. The Labute approximate surface area is 106 Å². The minimum atomic E-state index is -0.587. The first kappa shape index (κ1) is 11.6. The minimum absolute atomic E-state index is 0.0278. The summed E-state index contributed by atoms with van der Waals surface area (Å²) in [5.41, 5.74) is 6.34. The standard InChI is InChI=1S/C10H7Cl2FN2S/c11-7-2-5(3-8(12)9(7)13)1-6-4-15-10(14)16-6/h2-4H,1H2,(H2,14,15). The van der Waals surface area contributed by atoms with E-state index in [-0.39, 0.29) is 10.0 Å². The van der Waals surface area contributed by atoms with Crippen LogP contribution in [0.4, 0.5) is 9.52 Å². The lowest BCUT2D eigenvalue weighted by Crippen LogP contribution is -1.88. The first-order valence-electron chi connectivity index (χ1n) is 4.40. The molecule has 1 aromatic carbocycles. The molecule has 2 N–H and O–H groups in total. The third-order valence-electron chi connectivity index (χ3n) is 1.99. The third kappa shape index (κ3) is 2.45. The molecule has 0 aliphatic carbocycles. The Kier molecular flexibility index (Phi) is 3.33. The van der Waals surface area contributed by atoms with Crippen LogP contribution in [0.5, 0.6) is 0 Å². The fourth-order valence-corrected chi connectivity index (χ4v) is 2.57. The van der Waals surface area contributed by atoms with Gasteiger partial charge in [0.2, 0.25) is 0 Å². The van der Waals surface area contributed by atoms with E-state index in [4.69, 9.17) is 28.9 Å². The van der Waals surface area contributed by atoms with Crippen LogP contribution in [0.25, 0.3) is 0 Å². The van der Waals surface area contributed by atoms with Gasteiger partial charge >= 0.3 is 0 Å². The summed E-state index contributed by atoms with van der Waals surface area (Å²) in [6.45, 7) is 0. The molecule has 6 heteroatoms. The first-order valence-corrected chi connectivity index (χ1v) is 5.97. The van der Waals surface area contributed by atoms with Crippen molar-refractivity contribution in [2.24, 2.45) is 0 Å². The molecule has 0 fully saturated rings. The Hall–Kier alpha value is -0.840. The number of nitrogen functional groups attached to an aromatic ring is 1. The zero-order valence-corrected chi connectivity index (χ0v) is 10.3. The number of hydrogen-bond acceptors (Lipinski definition) is 3. The SMILES string of the molecule is Nc1ncc(Cc2cc(Cl)c(F)c(Cl)c2)s1. The van der Waals surface area contributed by atoms with E-state index in [1.807, 2.05) is 0 Å². The van der Waals surface area contributed by atoms with E-state index in [0.717, 1.165) is 10.4 Å². The molecular formula is C10H7Cl2FN2S. The molecule has 0 aliphatic rings. The average Bonchev–Trinajstić information content (AvgIpc) is 2.60. The number of aromatic nitrogens is 1. The average molecular weight is 277 g/mol. The largest absolute Gasteiger partial charge is 0.375 e. The number of hydrogen-bond donors (Lipinski definition) is 1.